The Bertz CT molecular complexity index is 1110. The van der Waals surface area contributed by atoms with Crippen molar-refractivity contribution in [1.29, 1.82) is 0 Å². The van der Waals surface area contributed by atoms with Crippen molar-refractivity contribution in [3.8, 4) is 5.75 Å². The lowest BCUT2D eigenvalue weighted by Crippen LogP contribution is -2.56. The molecule has 3 aliphatic heterocycles. The molecule has 1 unspecified atom stereocenters. The molecule has 11 heteroatoms. The predicted molar refractivity (Wildman–Crippen MR) is 127 cm³/mol. The number of anilines is 3. The number of pyridine rings is 2. The van der Waals surface area contributed by atoms with Gasteiger partial charge in [-0.15, -0.1) is 0 Å². The summed E-state index contributed by atoms with van der Waals surface area (Å²) in [7, 11) is 1.31. The van der Waals surface area contributed by atoms with Gasteiger partial charge in [0.05, 0.1) is 31.6 Å². The second-order valence-corrected chi connectivity index (χ2v) is 9.21. The number of nitrogens with zero attached hydrogens (tertiary/aromatic N) is 4. The fourth-order valence-electron chi connectivity index (χ4n) is 4.65. The molecule has 5 rings (SSSR count). The van der Waals surface area contributed by atoms with Gasteiger partial charge >= 0.3 is 12.0 Å². The first-order chi connectivity index (χ1) is 16.8. The van der Waals surface area contributed by atoms with E-state index in [4.69, 9.17) is 18.9 Å². The molecule has 1 N–H and O–H groups in total. The van der Waals surface area contributed by atoms with Crippen molar-refractivity contribution in [3.05, 3.63) is 36.2 Å². The van der Waals surface area contributed by atoms with Gasteiger partial charge < -0.3 is 23.8 Å². The summed E-state index contributed by atoms with van der Waals surface area (Å²) < 4.78 is 21.8. The molecule has 35 heavy (non-hydrogen) atoms. The van der Waals surface area contributed by atoms with Crippen LogP contribution in [-0.2, 0) is 14.2 Å². The van der Waals surface area contributed by atoms with Crippen LogP contribution in [0.15, 0.2) is 30.5 Å². The molecule has 2 aromatic rings. The zero-order valence-corrected chi connectivity index (χ0v) is 20.0. The van der Waals surface area contributed by atoms with Crippen LogP contribution in [0.5, 0.6) is 5.75 Å². The lowest BCUT2D eigenvalue weighted by molar-refractivity contribution is -0.141. The van der Waals surface area contributed by atoms with Gasteiger partial charge in [0, 0.05) is 13.1 Å². The number of piperidine rings is 1. The highest BCUT2D eigenvalue weighted by Gasteiger charge is 2.39. The minimum absolute atomic E-state index is 0.0582. The van der Waals surface area contributed by atoms with E-state index in [2.05, 4.69) is 20.2 Å². The zero-order valence-electron chi connectivity index (χ0n) is 20.0. The Kier molecular flexibility index (Phi) is 6.20. The normalized spacial score (nSPS) is 22.4. The topological polar surface area (TPSA) is 115 Å². The molecular formula is C24H29N5O6. The predicted octanol–water partition coefficient (Wildman–Crippen LogP) is 2.81. The van der Waals surface area contributed by atoms with Gasteiger partial charge in [0.15, 0.2) is 17.3 Å². The smallest absolute Gasteiger partial charge is 0.356 e. The van der Waals surface area contributed by atoms with E-state index in [1.807, 2.05) is 19.9 Å². The Labute approximate surface area is 203 Å². The second kappa shape index (κ2) is 9.31. The van der Waals surface area contributed by atoms with Crippen LogP contribution in [-0.4, -0.2) is 73.3 Å². The molecule has 0 radical (unpaired) electrons. The van der Waals surface area contributed by atoms with Crippen LogP contribution in [0.2, 0.25) is 0 Å². The Hall–Kier alpha value is -3.44. The van der Waals surface area contributed by atoms with Crippen molar-refractivity contribution in [3.63, 3.8) is 0 Å². The number of carbonyl (C=O) groups is 2. The van der Waals surface area contributed by atoms with Crippen molar-refractivity contribution in [2.24, 2.45) is 0 Å². The summed E-state index contributed by atoms with van der Waals surface area (Å²) in [5.74, 6) is 0.243. The lowest BCUT2D eigenvalue weighted by Gasteiger charge is -2.45. The number of hydrogen-bond acceptors (Lipinski definition) is 9. The number of rotatable bonds is 5. The summed E-state index contributed by atoms with van der Waals surface area (Å²) in [6.45, 7) is 6.14. The quantitative estimate of drug-likeness (QED) is 0.641. The zero-order chi connectivity index (χ0) is 24.6. The van der Waals surface area contributed by atoms with Gasteiger partial charge in [-0.05, 0) is 51.0 Å². The van der Waals surface area contributed by atoms with Gasteiger partial charge in [-0.2, -0.15) is 0 Å². The van der Waals surface area contributed by atoms with E-state index in [-0.39, 0.29) is 23.9 Å². The van der Waals surface area contributed by atoms with Crippen LogP contribution in [0.1, 0.15) is 37.2 Å². The second-order valence-electron chi connectivity index (χ2n) is 9.21. The maximum absolute atomic E-state index is 13.4. The molecule has 2 atom stereocenters. The molecule has 3 aliphatic rings. The number of amides is 2. The molecule has 2 amide bonds. The molecule has 2 fully saturated rings. The van der Waals surface area contributed by atoms with Crippen LogP contribution in [0.25, 0.3) is 0 Å². The summed E-state index contributed by atoms with van der Waals surface area (Å²) in [4.78, 5) is 38.1. The van der Waals surface area contributed by atoms with Crippen molar-refractivity contribution in [2.75, 3.05) is 48.5 Å². The summed E-state index contributed by atoms with van der Waals surface area (Å²) >= 11 is 0. The number of fused-ring (bicyclic) bond motifs is 4. The van der Waals surface area contributed by atoms with Gasteiger partial charge in [0.1, 0.15) is 24.3 Å². The Balaban J connectivity index is 1.28. The first kappa shape index (κ1) is 23.3. The van der Waals surface area contributed by atoms with Crippen molar-refractivity contribution in [2.45, 2.75) is 44.6 Å². The Morgan fingerprint density at radius 2 is 2.11 bits per heavy atom. The third kappa shape index (κ3) is 4.87. The van der Waals surface area contributed by atoms with E-state index in [0.717, 1.165) is 25.1 Å². The lowest BCUT2D eigenvalue weighted by atomic mass is 10.00. The molecular weight excluding hydrogens is 454 g/mol. The molecule has 0 aliphatic carbocycles. The number of ether oxygens (including phenoxy) is 4. The molecule has 186 valence electrons. The maximum Gasteiger partial charge on any atom is 0.356 e. The van der Waals surface area contributed by atoms with Crippen molar-refractivity contribution >= 4 is 29.3 Å². The number of carbonyl (C=O) groups excluding carboxylic acids is 2. The molecule has 2 saturated heterocycles. The van der Waals surface area contributed by atoms with E-state index in [1.165, 1.54) is 7.11 Å². The summed E-state index contributed by atoms with van der Waals surface area (Å²) in [5.41, 5.74) is 0.978. The number of methoxy groups -OCH3 is 1. The van der Waals surface area contributed by atoms with E-state index in [9.17, 15) is 9.59 Å². The summed E-state index contributed by atoms with van der Waals surface area (Å²) in [6.07, 6.45) is 3.21. The standard InChI is InChI=1S/C24H29N5O6/c1-24(2)34-14-17(35-24)13-33-16-6-9-20(25-11-16)27-23(31)29-15-5-4-10-28(12-15)19-8-7-18(22(30)32-3)26-21(19)29/h6-9,11,15,17H,4-5,10,12-14H2,1-3H3,(H,25,27,31)/t15?,17-/m1/s1. The fraction of sp³-hybridized carbons (Fsp3) is 0.500. The number of aromatic nitrogens is 2. The first-order valence-corrected chi connectivity index (χ1v) is 11.7. The number of esters is 1. The van der Waals surface area contributed by atoms with Crippen LogP contribution in [0, 0.1) is 0 Å². The molecule has 0 saturated carbocycles. The van der Waals surface area contributed by atoms with E-state index in [0.29, 0.717) is 37.1 Å². The Morgan fingerprint density at radius 1 is 1.26 bits per heavy atom. The van der Waals surface area contributed by atoms with Crippen molar-refractivity contribution < 1.29 is 28.5 Å². The van der Waals surface area contributed by atoms with Crippen molar-refractivity contribution in [1.82, 2.24) is 9.97 Å². The monoisotopic (exact) mass is 483 g/mol. The van der Waals surface area contributed by atoms with Crippen LogP contribution < -0.4 is 19.9 Å². The van der Waals surface area contributed by atoms with E-state index in [1.54, 1.807) is 29.3 Å². The van der Waals surface area contributed by atoms with E-state index >= 15 is 0 Å². The molecule has 2 bridgehead atoms. The third-order valence-corrected chi connectivity index (χ3v) is 6.27. The molecule has 5 heterocycles. The summed E-state index contributed by atoms with van der Waals surface area (Å²) in [5, 5.41) is 2.85. The molecule has 2 aromatic heterocycles. The highest BCUT2D eigenvalue weighted by molar-refractivity contribution is 6.04. The Morgan fingerprint density at radius 3 is 2.83 bits per heavy atom. The van der Waals surface area contributed by atoms with Gasteiger partial charge in [-0.3, -0.25) is 10.2 Å². The minimum atomic E-state index is -0.602. The van der Waals surface area contributed by atoms with Crippen LogP contribution >= 0.6 is 0 Å². The summed E-state index contributed by atoms with van der Waals surface area (Å²) in [6, 6.07) is 6.45. The van der Waals surface area contributed by atoms with Gasteiger partial charge in [0.2, 0.25) is 0 Å². The van der Waals surface area contributed by atoms with E-state index < -0.39 is 11.8 Å². The van der Waals surface area contributed by atoms with Gasteiger partial charge in [0.25, 0.3) is 0 Å². The van der Waals surface area contributed by atoms with Gasteiger partial charge in [-0.1, -0.05) is 0 Å². The first-order valence-electron chi connectivity index (χ1n) is 11.7. The highest BCUT2D eigenvalue weighted by atomic mass is 16.7. The number of hydrogen-bond donors (Lipinski definition) is 1. The number of urea groups is 1. The highest BCUT2D eigenvalue weighted by Crippen LogP contribution is 2.38. The third-order valence-electron chi connectivity index (χ3n) is 6.27. The SMILES string of the molecule is COC(=O)c1ccc2c(n1)N(C(=O)Nc1ccc(OC[C@@H]3COC(C)(C)O3)cn1)C1CCCN2C1. The molecule has 0 spiro atoms. The minimum Gasteiger partial charge on any atom is -0.489 e. The number of nitrogens with one attached hydrogen (secondary N) is 1. The van der Waals surface area contributed by atoms with Gasteiger partial charge in [-0.25, -0.2) is 19.6 Å². The average Bonchev–Trinajstić information content (AvgIpc) is 3.21. The maximum atomic E-state index is 13.4. The van der Waals surface area contributed by atoms with Crippen LogP contribution in [0.4, 0.5) is 22.1 Å². The molecule has 11 nitrogen and oxygen atoms in total. The fourth-order valence-corrected chi connectivity index (χ4v) is 4.65. The average molecular weight is 484 g/mol. The largest absolute Gasteiger partial charge is 0.489 e. The molecule has 0 aromatic carbocycles. The van der Waals surface area contributed by atoms with Crippen LogP contribution in [0.3, 0.4) is 0 Å².